The Labute approximate surface area is 173 Å². The number of para-hydroxylation sites is 1. The van der Waals surface area contributed by atoms with E-state index in [1.165, 1.54) is 0 Å². The maximum atomic E-state index is 11.4. The van der Waals surface area contributed by atoms with E-state index in [0.717, 1.165) is 34.0 Å². The van der Waals surface area contributed by atoms with Gasteiger partial charge in [-0.05, 0) is 53.6 Å². The van der Waals surface area contributed by atoms with Crippen LogP contribution in [0.3, 0.4) is 0 Å². The molecule has 0 atom stereocenters. The summed E-state index contributed by atoms with van der Waals surface area (Å²) in [6, 6.07) is 23.4. The fourth-order valence-electron chi connectivity index (χ4n) is 3.66. The van der Waals surface area contributed by atoms with Gasteiger partial charge in [0.25, 0.3) is 0 Å². The molecule has 5 heteroatoms. The number of carbonyl (C=O) groups excluding carboxylic acids is 1. The van der Waals surface area contributed by atoms with Crippen molar-refractivity contribution in [1.29, 1.82) is 5.26 Å². The number of benzene rings is 3. The van der Waals surface area contributed by atoms with Gasteiger partial charge in [-0.2, -0.15) is 5.26 Å². The van der Waals surface area contributed by atoms with E-state index < -0.39 is 0 Å². The Bertz CT molecular complexity index is 1340. The first-order valence-electron chi connectivity index (χ1n) is 9.44. The molecular weight excluding hydrogens is 376 g/mol. The molecule has 0 spiro atoms. The number of allylic oxidation sites excluding steroid dienone is 1. The van der Waals surface area contributed by atoms with Crippen molar-refractivity contribution >= 4 is 28.8 Å². The van der Waals surface area contributed by atoms with E-state index in [1.807, 2.05) is 83.6 Å². The van der Waals surface area contributed by atoms with Crippen LogP contribution in [0.2, 0.25) is 0 Å². The van der Waals surface area contributed by atoms with Gasteiger partial charge in [0.05, 0.1) is 17.2 Å². The predicted molar refractivity (Wildman–Crippen MR) is 115 cm³/mol. The van der Waals surface area contributed by atoms with Crippen molar-refractivity contribution < 1.29 is 14.3 Å². The minimum atomic E-state index is 0.200. The highest BCUT2D eigenvalue weighted by Crippen LogP contribution is 2.34. The highest BCUT2D eigenvalue weighted by Gasteiger charge is 2.15. The van der Waals surface area contributed by atoms with Gasteiger partial charge in [0.1, 0.15) is 0 Å². The quantitative estimate of drug-likeness (QED) is 0.271. The summed E-state index contributed by atoms with van der Waals surface area (Å²) >= 11 is 0. The Balaban J connectivity index is 1.49. The van der Waals surface area contributed by atoms with Gasteiger partial charge >= 0.3 is 0 Å². The van der Waals surface area contributed by atoms with Crippen molar-refractivity contribution in [3.05, 3.63) is 89.6 Å². The van der Waals surface area contributed by atoms with E-state index in [-0.39, 0.29) is 6.79 Å². The van der Waals surface area contributed by atoms with Crippen LogP contribution in [-0.4, -0.2) is 17.6 Å². The lowest BCUT2D eigenvalue weighted by Gasteiger charge is -2.06. The molecule has 1 aliphatic rings. The highest BCUT2D eigenvalue weighted by molar-refractivity contribution is 5.98. The Morgan fingerprint density at radius 1 is 1.00 bits per heavy atom. The zero-order valence-electron chi connectivity index (χ0n) is 15.9. The SMILES string of the molecule is N#C/C(=C\c1ccc(-n2cc(C=O)c3ccccc32)cc1)c1ccc2c(c1)OCO2. The number of ether oxygens (including phenoxy) is 2. The van der Waals surface area contributed by atoms with Gasteiger partial charge in [0.2, 0.25) is 6.79 Å². The Morgan fingerprint density at radius 2 is 1.80 bits per heavy atom. The zero-order valence-corrected chi connectivity index (χ0v) is 15.9. The van der Waals surface area contributed by atoms with Crippen molar-refractivity contribution in [2.75, 3.05) is 6.79 Å². The van der Waals surface area contributed by atoms with E-state index in [4.69, 9.17) is 9.47 Å². The Kier molecular flexibility index (Phi) is 4.30. The second-order valence-electron chi connectivity index (χ2n) is 6.92. The summed E-state index contributed by atoms with van der Waals surface area (Å²) in [6.07, 6.45) is 4.56. The first kappa shape index (κ1) is 17.8. The lowest BCUT2D eigenvalue weighted by Crippen LogP contribution is -1.93. The van der Waals surface area contributed by atoms with E-state index in [9.17, 15) is 10.1 Å². The Morgan fingerprint density at radius 3 is 2.60 bits per heavy atom. The molecule has 0 radical (unpaired) electrons. The number of aldehydes is 1. The topological polar surface area (TPSA) is 64.2 Å². The fourth-order valence-corrected chi connectivity index (χ4v) is 3.66. The smallest absolute Gasteiger partial charge is 0.231 e. The molecule has 144 valence electrons. The van der Waals surface area contributed by atoms with Crippen molar-refractivity contribution in [2.24, 2.45) is 0 Å². The minimum absolute atomic E-state index is 0.200. The third-order valence-corrected chi connectivity index (χ3v) is 5.16. The van der Waals surface area contributed by atoms with E-state index >= 15 is 0 Å². The number of nitriles is 1. The second kappa shape index (κ2) is 7.26. The molecule has 0 saturated carbocycles. The summed E-state index contributed by atoms with van der Waals surface area (Å²) in [5.74, 6) is 1.34. The number of aromatic nitrogens is 1. The molecule has 0 unspecified atom stereocenters. The maximum Gasteiger partial charge on any atom is 0.231 e. The molecule has 1 aromatic heterocycles. The molecule has 1 aliphatic heterocycles. The summed E-state index contributed by atoms with van der Waals surface area (Å²) in [5.41, 5.74) is 4.79. The van der Waals surface area contributed by atoms with Gasteiger partial charge in [0, 0.05) is 22.8 Å². The first-order chi connectivity index (χ1) is 14.8. The third kappa shape index (κ3) is 3.01. The first-order valence-corrected chi connectivity index (χ1v) is 9.44. The van der Waals surface area contributed by atoms with Crippen LogP contribution in [0.1, 0.15) is 21.5 Å². The largest absolute Gasteiger partial charge is 0.454 e. The number of carbonyl (C=O) groups is 1. The molecule has 0 aliphatic carbocycles. The summed E-state index contributed by atoms with van der Waals surface area (Å²) in [5, 5.41) is 10.6. The molecule has 3 aromatic carbocycles. The van der Waals surface area contributed by atoms with Gasteiger partial charge in [0.15, 0.2) is 17.8 Å². The molecule has 0 fully saturated rings. The lowest BCUT2D eigenvalue weighted by molar-refractivity contribution is 0.112. The zero-order chi connectivity index (χ0) is 20.5. The van der Waals surface area contributed by atoms with E-state index in [2.05, 4.69) is 6.07 Å². The molecule has 0 amide bonds. The summed E-state index contributed by atoms with van der Waals surface area (Å²) in [6.45, 7) is 0.200. The molecule has 5 nitrogen and oxygen atoms in total. The van der Waals surface area contributed by atoms with Crippen molar-refractivity contribution in [3.63, 3.8) is 0 Å². The van der Waals surface area contributed by atoms with Crippen LogP contribution in [0.25, 0.3) is 28.2 Å². The molecule has 4 aromatic rings. The molecular formula is C25H16N2O3. The van der Waals surface area contributed by atoms with Gasteiger partial charge in [-0.25, -0.2) is 0 Å². The lowest BCUT2D eigenvalue weighted by atomic mass is 10.0. The van der Waals surface area contributed by atoms with Gasteiger partial charge in [-0.3, -0.25) is 4.79 Å². The fraction of sp³-hybridized carbons (Fsp3) is 0.0400. The average molecular weight is 392 g/mol. The molecule has 30 heavy (non-hydrogen) atoms. The number of fused-ring (bicyclic) bond motifs is 2. The maximum absolute atomic E-state index is 11.4. The summed E-state index contributed by atoms with van der Waals surface area (Å²) < 4.78 is 12.7. The van der Waals surface area contributed by atoms with Crippen LogP contribution in [-0.2, 0) is 0 Å². The summed E-state index contributed by atoms with van der Waals surface area (Å²) in [7, 11) is 0. The number of hydrogen-bond donors (Lipinski definition) is 0. The van der Waals surface area contributed by atoms with E-state index in [0.29, 0.717) is 22.6 Å². The highest BCUT2D eigenvalue weighted by atomic mass is 16.7. The number of nitrogens with zero attached hydrogens (tertiary/aromatic N) is 2. The van der Waals surface area contributed by atoms with E-state index in [1.54, 1.807) is 0 Å². The van der Waals surface area contributed by atoms with Gasteiger partial charge in [-0.15, -0.1) is 0 Å². The summed E-state index contributed by atoms with van der Waals surface area (Å²) in [4.78, 5) is 11.4. The van der Waals surface area contributed by atoms with Crippen LogP contribution in [0.15, 0.2) is 72.9 Å². The van der Waals surface area contributed by atoms with Crippen LogP contribution in [0.5, 0.6) is 11.5 Å². The van der Waals surface area contributed by atoms with Crippen molar-refractivity contribution in [3.8, 4) is 23.3 Å². The number of hydrogen-bond acceptors (Lipinski definition) is 4. The molecule has 0 saturated heterocycles. The molecule has 5 rings (SSSR count). The second-order valence-corrected chi connectivity index (χ2v) is 6.92. The van der Waals surface area contributed by atoms with Crippen LogP contribution in [0, 0.1) is 11.3 Å². The minimum Gasteiger partial charge on any atom is -0.454 e. The Hall–Kier alpha value is -4.30. The van der Waals surface area contributed by atoms with Crippen LogP contribution in [0.4, 0.5) is 0 Å². The molecule has 0 N–H and O–H groups in total. The third-order valence-electron chi connectivity index (χ3n) is 5.16. The van der Waals surface area contributed by atoms with Crippen LogP contribution < -0.4 is 9.47 Å². The predicted octanol–water partition coefficient (Wildman–Crippen LogP) is 5.24. The monoisotopic (exact) mass is 392 g/mol. The average Bonchev–Trinajstić information content (AvgIpc) is 3.42. The molecule has 2 heterocycles. The molecule has 0 bridgehead atoms. The normalized spacial score (nSPS) is 12.7. The van der Waals surface area contributed by atoms with Gasteiger partial charge in [-0.1, -0.05) is 30.3 Å². The number of rotatable bonds is 4. The standard InChI is InChI=1S/C25H16N2O3/c26-13-19(18-7-10-24-25(12-18)30-16-29-24)11-17-5-8-21(9-6-17)27-14-20(15-28)22-3-1-2-4-23(22)27/h1-12,14-15H,16H2/b19-11+. The van der Waals surface area contributed by atoms with Crippen molar-refractivity contribution in [1.82, 2.24) is 4.57 Å². The van der Waals surface area contributed by atoms with Crippen molar-refractivity contribution in [2.45, 2.75) is 0 Å². The van der Waals surface area contributed by atoms with Crippen LogP contribution >= 0.6 is 0 Å². The van der Waals surface area contributed by atoms with Gasteiger partial charge < -0.3 is 14.0 Å².